The van der Waals surface area contributed by atoms with Gasteiger partial charge in [0.15, 0.2) is 5.11 Å². The second-order valence-electron chi connectivity index (χ2n) is 5.05. The molecular weight excluding hydrogens is 304 g/mol. The summed E-state index contributed by atoms with van der Waals surface area (Å²) in [6.45, 7) is 8.57. The van der Waals surface area contributed by atoms with Crippen LogP contribution in [0.4, 0.5) is 5.69 Å². The van der Waals surface area contributed by atoms with Gasteiger partial charge in [-0.25, -0.2) is 4.79 Å². The average molecular weight is 324 g/mol. The van der Waals surface area contributed by atoms with E-state index in [4.69, 9.17) is 17.0 Å². The highest BCUT2D eigenvalue weighted by atomic mass is 32.1. The quantitative estimate of drug-likeness (QED) is 0.494. The molecule has 0 spiro atoms. The number of nitrogens with one attached hydrogen (secondary N) is 2. The van der Waals surface area contributed by atoms with Crippen LogP contribution in [0.5, 0.6) is 0 Å². The number of carbonyl (C=O) groups is 1. The lowest BCUT2D eigenvalue weighted by Crippen LogP contribution is -2.30. The Balaban J connectivity index is 2.18. The lowest BCUT2D eigenvalue weighted by Gasteiger charge is -2.12. The first kappa shape index (κ1) is 16.0. The van der Waals surface area contributed by atoms with Gasteiger partial charge >= 0.3 is 5.97 Å². The van der Waals surface area contributed by atoms with Crippen molar-refractivity contribution in [2.75, 3.05) is 18.5 Å². The third kappa shape index (κ3) is 3.83. The number of esters is 1. The maximum absolute atomic E-state index is 12.1. The Morgan fingerprint density at radius 2 is 2.24 bits per heavy atom. The number of carbonyl (C=O) groups excluding carboxylic acids is 1. The van der Waals surface area contributed by atoms with Gasteiger partial charge in [0.05, 0.1) is 12.3 Å². The molecule has 0 aliphatic heterocycles. The molecule has 1 aliphatic rings. The normalized spacial score (nSPS) is 12.7. The summed E-state index contributed by atoms with van der Waals surface area (Å²) < 4.78 is 5.14. The van der Waals surface area contributed by atoms with Crippen molar-refractivity contribution in [3.63, 3.8) is 0 Å². The van der Waals surface area contributed by atoms with E-state index < -0.39 is 0 Å². The van der Waals surface area contributed by atoms with Gasteiger partial charge in [0, 0.05) is 11.4 Å². The second-order valence-corrected chi connectivity index (χ2v) is 6.56. The van der Waals surface area contributed by atoms with Gasteiger partial charge in [0.25, 0.3) is 0 Å². The average Bonchev–Trinajstić information content (AvgIpc) is 2.99. The van der Waals surface area contributed by atoms with Crippen LogP contribution in [-0.2, 0) is 17.6 Å². The molecule has 1 aromatic heterocycles. The van der Waals surface area contributed by atoms with Crippen LogP contribution in [0.15, 0.2) is 12.2 Å². The number of ether oxygens (including phenoxy) is 1. The second kappa shape index (κ2) is 7.04. The first-order valence-corrected chi connectivity index (χ1v) is 8.26. The van der Waals surface area contributed by atoms with E-state index in [1.54, 1.807) is 0 Å². The minimum atomic E-state index is -0.276. The highest BCUT2D eigenvalue weighted by Crippen LogP contribution is 2.39. The zero-order valence-electron chi connectivity index (χ0n) is 12.4. The topological polar surface area (TPSA) is 50.4 Å². The minimum absolute atomic E-state index is 0.276. The molecule has 114 valence electrons. The van der Waals surface area contributed by atoms with Crippen molar-refractivity contribution in [3.8, 4) is 0 Å². The monoisotopic (exact) mass is 324 g/mol. The molecule has 0 atom stereocenters. The van der Waals surface area contributed by atoms with Gasteiger partial charge in [-0.2, -0.15) is 0 Å². The summed E-state index contributed by atoms with van der Waals surface area (Å²) >= 11 is 6.81. The summed E-state index contributed by atoms with van der Waals surface area (Å²) in [5.74, 6) is -0.276. The van der Waals surface area contributed by atoms with Crippen LogP contribution < -0.4 is 10.6 Å². The number of rotatable bonds is 5. The van der Waals surface area contributed by atoms with E-state index >= 15 is 0 Å². The number of fused-ring (bicyclic) bond motifs is 1. The van der Waals surface area contributed by atoms with E-state index in [0.717, 1.165) is 30.5 Å². The van der Waals surface area contributed by atoms with Gasteiger partial charge in [0.2, 0.25) is 0 Å². The fourth-order valence-electron chi connectivity index (χ4n) is 2.27. The zero-order chi connectivity index (χ0) is 15.4. The van der Waals surface area contributed by atoms with E-state index in [1.165, 1.54) is 21.8 Å². The molecule has 0 saturated heterocycles. The van der Waals surface area contributed by atoms with Crippen LogP contribution in [0, 0.1) is 0 Å². The highest BCUT2D eigenvalue weighted by Gasteiger charge is 2.26. The first-order valence-electron chi connectivity index (χ1n) is 7.03. The van der Waals surface area contributed by atoms with Gasteiger partial charge in [-0.05, 0) is 50.9 Å². The number of thiocarbonyl (C=S) groups is 1. The van der Waals surface area contributed by atoms with Crippen molar-refractivity contribution in [1.29, 1.82) is 0 Å². The van der Waals surface area contributed by atoms with Gasteiger partial charge in [-0.3, -0.25) is 0 Å². The molecule has 1 aromatic rings. The van der Waals surface area contributed by atoms with Gasteiger partial charge in [-0.15, -0.1) is 11.3 Å². The third-order valence-electron chi connectivity index (χ3n) is 3.17. The molecule has 0 aromatic carbocycles. The van der Waals surface area contributed by atoms with Crippen molar-refractivity contribution in [2.45, 2.75) is 33.1 Å². The van der Waals surface area contributed by atoms with Crippen molar-refractivity contribution in [1.82, 2.24) is 5.32 Å². The molecule has 0 amide bonds. The third-order valence-corrected chi connectivity index (χ3v) is 4.69. The minimum Gasteiger partial charge on any atom is -0.462 e. The fraction of sp³-hybridized carbons (Fsp3) is 0.467. The standard InChI is InChI=1S/C15H20N2O2S2/c1-4-19-14(18)13-12(10-6-5-7-11(10)21-13)17-15(20)16-8-9(2)3/h2,4-8H2,1,3H3,(H2,16,17,20). The molecule has 4 nitrogen and oxygen atoms in total. The van der Waals surface area contributed by atoms with Gasteiger partial charge in [0.1, 0.15) is 4.88 Å². The van der Waals surface area contributed by atoms with E-state index in [-0.39, 0.29) is 5.97 Å². The Morgan fingerprint density at radius 3 is 2.90 bits per heavy atom. The Bertz CT molecular complexity index is 578. The molecule has 0 saturated carbocycles. The lowest BCUT2D eigenvalue weighted by atomic mass is 10.2. The molecule has 0 bridgehead atoms. The lowest BCUT2D eigenvalue weighted by molar-refractivity contribution is 0.0533. The largest absolute Gasteiger partial charge is 0.462 e. The van der Waals surface area contributed by atoms with Gasteiger partial charge in [-0.1, -0.05) is 12.2 Å². The molecule has 0 unspecified atom stereocenters. The maximum atomic E-state index is 12.1. The van der Waals surface area contributed by atoms with Crippen molar-refractivity contribution in [2.24, 2.45) is 0 Å². The van der Waals surface area contributed by atoms with E-state index in [1.807, 2.05) is 13.8 Å². The Hall–Kier alpha value is -1.40. The van der Waals surface area contributed by atoms with Crippen LogP contribution in [0.25, 0.3) is 0 Å². The predicted molar refractivity (Wildman–Crippen MR) is 91.3 cm³/mol. The van der Waals surface area contributed by atoms with Crippen LogP contribution >= 0.6 is 23.6 Å². The zero-order valence-corrected chi connectivity index (χ0v) is 14.0. The molecule has 21 heavy (non-hydrogen) atoms. The molecule has 1 aliphatic carbocycles. The van der Waals surface area contributed by atoms with Crippen molar-refractivity contribution >= 4 is 40.3 Å². The van der Waals surface area contributed by atoms with Crippen LogP contribution in [0.3, 0.4) is 0 Å². The summed E-state index contributed by atoms with van der Waals surface area (Å²) in [6, 6.07) is 0. The summed E-state index contributed by atoms with van der Waals surface area (Å²) in [5.41, 5.74) is 3.04. The van der Waals surface area contributed by atoms with Crippen LogP contribution in [0.2, 0.25) is 0 Å². The smallest absolute Gasteiger partial charge is 0.350 e. The van der Waals surface area contributed by atoms with Gasteiger partial charge < -0.3 is 15.4 Å². The SMILES string of the molecule is C=C(C)CNC(=S)Nc1c(C(=O)OCC)sc2c1CCC2. The number of anilines is 1. The molecule has 6 heteroatoms. The summed E-state index contributed by atoms with van der Waals surface area (Å²) in [7, 11) is 0. The van der Waals surface area contributed by atoms with E-state index in [0.29, 0.717) is 23.1 Å². The Kier molecular flexibility index (Phi) is 5.36. The molecule has 2 rings (SSSR count). The number of hydrogen-bond donors (Lipinski definition) is 2. The Morgan fingerprint density at radius 1 is 1.48 bits per heavy atom. The first-order chi connectivity index (χ1) is 10.0. The molecule has 1 heterocycles. The number of hydrogen-bond acceptors (Lipinski definition) is 4. The van der Waals surface area contributed by atoms with E-state index in [2.05, 4.69) is 17.2 Å². The molecular formula is C15H20N2O2S2. The number of thiophene rings is 1. The summed E-state index contributed by atoms with van der Waals surface area (Å²) in [4.78, 5) is 14.0. The van der Waals surface area contributed by atoms with E-state index in [9.17, 15) is 4.79 Å². The number of aryl methyl sites for hydroxylation is 1. The highest BCUT2D eigenvalue weighted by molar-refractivity contribution is 7.80. The molecule has 2 N–H and O–H groups in total. The predicted octanol–water partition coefficient (Wildman–Crippen LogP) is 3.28. The van der Waals surface area contributed by atoms with Crippen molar-refractivity contribution < 1.29 is 9.53 Å². The molecule has 0 fully saturated rings. The summed E-state index contributed by atoms with van der Waals surface area (Å²) in [6.07, 6.45) is 3.14. The van der Waals surface area contributed by atoms with Crippen LogP contribution in [-0.4, -0.2) is 24.2 Å². The van der Waals surface area contributed by atoms with Crippen LogP contribution in [0.1, 0.15) is 40.4 Å². The molecule has 0 radical (unpaired) electrons. The Labute approximate surface area is 134 Å². The van der Waals surface area contributed by atoms with Crippen molar-refractivity contribution in [3.05, 3.63) is 27.5 Å². The fourth-order valence-corrected chi connectivity index (χ4v) is 3.68. The maximum Gasteiger partial charge on any atom is 0.350 e. The summed E-state index contributed by atoms with van der Waals surface area (Å²) in [5, 5.41) is 6.77.